The smallest absolute Gasteiger partial charge is 0.0542 e. The summed E-state index contributed by atoms with van der Waals surface area (Å²) in [5.74, 6) is 0. The first kappa shape index (κ1) is 26.0. The molecule has 0 bridgehead atoms. The van der Waals surface area contributed by atoms with Gasteiger partial charge < -0.3 is 4.98 Å². The maximum atomic E-state index is 3.55. The van der Waals surface area contributed by atoms with E-state index in [0.29, 0.717) is 0 Å². The van der Waals surface area contributed by atoms with E-state index in [1.165, 1.54) is 90.6 Å². The number of benzene rings is 6. The Kier molecular flexibility index (Phi) is 5.75. The summed E-state index contributed by atoms with van der Waals surface area (Å²) in [4.78, 5) is 3.55. The van der Waals surface area contributed by atoms with E-state index in [1.807, 2.05) is 22.7 Å². The van der Waals surface area contributed by atoms with Crippen LogP contribution in [0.5, 0.6) is 0 Å². The summed E-state index contributed by atoms with van der Waals surface area (Å²) in [7, 11) is 0. The van der Waals surface area contributed by atoms with Crippen molar-refractivity contribution in [3.63, 3.8) is 0 Å². The summed E-state index contributed by atoms with van der Waals surface area (Å²) in [5.41, 5.74) is 14.1. The molecule has 0 spiro atoms. The highest BCUT2D eigenvalue weighted by atomic mass is 32.1. The van der Waals surface area contributed by atoms with Crippen LogP contribution in [-0.4, -0.2) is 4.98 Å². The summed E-state index contributed by atoms with van der Waals surface area (Å²) < 4.78 is 5.51. The Hall–Kier alpha value is -5.22. The van der Waals surface area contributed by atoms with Crippen molar-refractivity contribution in [1.82, 2.24) is 4.98 Å². The number of aromatic nitrogens is 1. The predicted octanol–water partition coefficient (Wildman–Crippen LogP) is 12.8. The number of rotatable bonds is 4. The van der Waals surface area contributed by atoms with Gasteiger partial charge in [-0.25, -0.2) is 0 Å². The SMILES string of the molecule is C1=C(c2ccc(-c3ccc4c(c3)sc3c5ccc(-c6ccc(-c7cc8ccccc8[nH]7)cc6)cc5sc43)cc2)Cc2ccccc21. The van der Waals surface area contributed by atoms with Crippen molar-refractivity contribution in [2.45, 2.75) is 6.42 Å². The third-order valence-corrected chi connectivity index (χ3v) is 12.0. The van der Waals surface area contributed by atoms with Crippen LogP contribution in [0.25, 0.3) is 85.6 Å². The monoisotopic (exact) mass is 621 g/mol. The molecule has 0 aliphatic heterocycles. The summed E-state index contributed by atoms with van der Waals surface area (Å²) in [6.07, 6.45) is 3.35. The lowest BCUT2D eigenvalue weighted by molar-refractivity contribution is 1.32. The molecular formula is C43H27NS2. The van der Waals surface area contributed by atoms with Gasteiger partial charge in [-0.2, -0.15) is 0 Å². The topological polar surface area (TPSA) is 15.8 Å². The van der Waals surface area contributed by atoms with E-state index in [0.717, 1.165) is 12.1 Å². The fourth-order valence-corrected chi connectivity index (χ4v) is 9.76. The second-order valence-corrected chi connectivity index (χ2v) is 14.4. The fourth-order valence-electron chi connectivity index (χ4n) is 7.03. The van der Waals surface area contributed by atoms with E-state index < -0.39 is 0 Å². The highest BCUT2D eigenvalue weighted by Crippen LogP contribution is 2.46. The van der Waals surface area contributed by atoms with Crippen LogP contribution in [0.2, 0.25) is 0 Å². The van der Waals surface area contributed by atoms with Crippen LogP contribution in [0, 0.1) is 0 Å². The number of hydrogen-bond donors (Lipinski definition) is 1. The van der Waals surface area contributed by atoms with Gasteiger partial charge in [0, 0.05) is 36.8 Å². The van der Waals surface area contributed by atoms with E-state index in [-0.39, 0.29) is 0 Å². The van der Waals surface area contributed by atoms with Gasteiger partial charge in [-0.15, -0.1) is 22.7 Å². The average Bonchev–Trinajstić information content (AvgIpc) is 3.89. The summed E-state index contributed by atoms with van der Waals surface area (Å²) in [5, 5.41) is 3.96. The van der Waals surface area contributed by atoms with Crippen LogP contribution in [0.15, 0.2) is 140 Å². The van der Waals surface area contributed by atoms with E-state index in [1.54, 1.807) is 0 Å². The van der Waals surface area contributed by atoms with E-state index in [2.05, 4.69) is 151 Å². The van der Waals surface area contributed by atoms with Crippen LogP contribution in [-0.2, 0) is 6.42 Å². The van der Waals surface area contributed by atoms with Gasteiger partial charge in [-0.3, -0.25) is 0 Å². The zero-order chi connectivity index (χ0) is 30.2. The molecule has 1 aliphatic carbocycles. The molecule has 0 atom stereocenters. The molecule has 1 nitrogen and oxygen atoms in total. The van der Waals surface area contributed by atoms with Crippen LogP contribution >= 0.6 is 22.7 Å². The number of fused-ring (bicyclic) bond motifs is 7. The Balaban J connectivity index is 0.937. The predicted molar refractivity (Wildman–Crippen MR) is 201 cm³/mol. The quantitative estimate of drug-likeness (QED) is 0.201. The molecule has 3 heteroatoms. The third kappa shape index (κ3) is 4.20. The Bertz CT molecular complexity index is 2610. The lowest BCUT2D eigenvalue weighted by atomic mass is 9.99. The molecule has 10 rings (SSSR count). The number of thiophene rings is 2. The molecule has 9 aromatic rings. The molecule has 0 unspecified atom stereocenters. The standard InChI is InChI=1S/C43H27NS2/c1-2-6-31-22-35(21-30(31)5-1)28-11-9-26(10-12-28)32-17-19-36-40(24-32)45-43-37-20-18-33(25-41(37)46-42(36)43)27-13-15-29(16-14-27)39-23-34-7-3-4-8-38(34)44-39/h1-21,23-25,44H,22H2. The molecule has 216 valence electrons. The van der Waals surface area contributed by atoms with Gasteiger partial charge in [0.25, 0.3) is 0 Å². The molecule has 0 saturated carbocycles. The minimum absolute atomic E-state index is 1.01. The molecule has 1 aliphatic rings. The first-order chi connectivity index (χ1) is 22.7. The van der Waals surface area contributed by atoms with Crippen molar-refractivity contribution in [3.05, 3.63) is 156 Å². The number of para-hydroxylation sites is 1. The highest BCUT2D eigenvalue weighted by molar-refractivity contribution is 7.36. The molecule has 0 saturated heterocycles. The van der Waals surface area contributed by atoms with Gasteiger partial charge >= 0.3 is 0 Å². The van der Waals surface area contributed by atoms with E-state index in [4.69, 9.17) is 0 Å². The largest absolute Gasteiger partial charge is 0.355 e. The van der Waals surface area contributed by atoms with Crippen molar-refractivity contribution in [2.75, 3.05) is 0 Å². The van der Waals surface area contributed by atoms with E-state index >= 15 is 0 Å². The number of hydrogen-bond acceptors (Lipinski definition) is 2. The van der Waals surface area contributed by atoms with Crippen LogP contribution in [0.3, 0.4) is 0 Å². The Morgan fingerprint density at radius 3 is 1.70 bits per heavy atom. The maximum Gasteiger partial charge on any atom is 0.0542 e. The zero-order valence-corrected chi connectivity index (χ0v) is 26.5. The molecule has 0 fully saturated rings. The van der Waals surface area contributed by atoms with Crippen molar-refractivity contribution in [1.29, 1.82) is 0 Å². The first-order valence-corrected chi connectivity index (χ1v) is 17.3. The van der Waals surface area contributed by atoms with Crippen LogP contribution in [0.4, 0.5) is 0 Å². The number of nitrogens with one attached hydrogen (secondary N) is 1. The molecular weight excluding hydrogens is 595 g/mol. The Labute approximate surface area is 274 Å². The summed E-state index contributed by atoms with van der Waals surface area (Å²) >= 11 is 3.84. The number of aromatic amines is 1. The second kappa shape index (κ2) is 10.1. The van der Waals surface area contributed by atoms with Crippen molar-refractivity contribution in [2.24, 2.45) is 0 Å². The molecule has 1 N–H and O–H groups in total. The van der Waals surface area contributed by atoms with Gasteiger partial charge in [0.1, 0.15) is 0 Å². The molecule has 6 aromatic carbocycles. The van der Waals surface area contributed by atoms with E-state index in [9.17, 15) is 0 Å². The van der Waals surface area contributed by atoms with Gasteiger partial charge in [0.15, 0.2) is 0 Å². The summed E-state index contributed by atoms with van der Waals surface area (Å²) in [6.45, 7) is 0. The first-order valence-electron chi connectivity index (χ1n) is 15.7. The van der Waals surface area contributed by atoms with Gasteiger partial charge in [0.2, 0.25) is 0 Å². The Morgan fingerprint density at radius 2 is 1.04 bits per heavy atom. The molecule has 3 heterocycles. The lowest BCUT2D eigenvalue weighted by Gasteiger charge is -2.06. The third-order valence-electron chi connectivity index (χ3n) is 9.50. The number of allylic oxidation sites excluding steroid dienone is 1. The minimum Gasteiger partial charge on any atom is -0.355 e. The van der Waals surface area contributed by atoms with Crippen LogP contribution in [0.1, 0.15) is 16.7 Å². The van der Waals surface area contributed by atoms with Crippen molar-refractivity contribution in [3.8, 4) is 33.5 Å². The van der Waals surface area contributed by atoms with Gasteiger partial charge in [-0.1, -0.05) is 121 Å². The summed E-state index contributed by atoms with van der Waals surface area (Å²) in [6, 6.07) is 51.4. The second-order valence-electron chi connectivity index (χ2n) is 12.3. The van der Waals surface area contributed by atoms with Gasteiger partial charge in [0.05, 0.1) is 9.40 Å². The highest BCUT2D eigenvalue weighted by Gasteiger charge is 2.16. The average molecular weight is 622 g/mol. The minimum atomic E-state index is 1.01. The van der Waals surface area contributed by atoms with Crippen molar-refractivity contribution >= 4 is 74.8 Å². The zero-order valence-electron chi connectivity index (χ0n) is 24.9. The fraction of sp³-hybridized carbons (Fsp3) is 0.0233. The van der Waals surface area contributed by atoms with Crippen molar-refractivity contribution < 1.29 is 0 Å². The maximum absolute atomic E-state index is 3.55. The normalized spacial score (nSPS) is 12.8. The molecule has 0 amide bonds. The lowest BCUT2D eigenvalue weighted by Crippen LogP contribution is -1.86. The molecule has 46 heavy (non-hydrogen) atoms. The van der Waals surface area contributed by atoms with Gasteiger partial charge in [-0.05, 0) is 80.8 Å². The Morgan fingerprint density at radius 1 is 0.478 bits per heavy atom. The molecule has 0 radical (unpaired) electrons. The molecule has 3 aromatic heterocycles. The number of H-pyrrole nitrogens is 1. The van der Waals surface area contributed by atoms with Crippen LogP contribution < -0.4 is 0 Å².